The average Bonchev–Trinajstić information content (AvgIpc) is 1.35. The minimum absolute atomic E-state index is 1.11. The van der Waals surface area contributed by atoms with Crippen LogP contribution in [0.5, 0.6) is 0 Å². The van der Waals surface area contributed by atoms with Crippen LogP contribution in [0.15, 0.2) is 11.9 Å². The van der Waals surface area contributed by atoms with E-state index in [1.807, 2.05) is 0 Å². The molecule has 0 rings (SSSR count). The van der Waals surface area contributed by atoms with Crippen molar-refractivity contribution >= 4 is 18.5 Å². The molecule has 0 aliphatic heterocycles. The smallest absolute Gasteiger partial charge is 0.0251 e. The minimum atomic E-state index is 1.11. The zero-order valence-corrected chi connectivity index (χ0v) is 6.09. The van der Waals surface area contributed by atoms with Gasteiger partial charge in [-0.2, -0.15) is 0 Å². The van der Waals surface area contributed by atoms with E-state index in [-0.39, 0.29) is 0 Å². The molecule has 0 aromatic heterocycles. The van der Waals surface area contributed by atoms with Crippen molar-refractivity contribution in [1.82, 2.24) is 0 Å². The second-order valence-electron chi connectivity index (χ2n) is 1.20. The molecule has 0 aromatic carbocycles. The van der Waals surface area contributed by atoms with Gasteiger partial charge in [-0.1, -0.05) is 11.9 Å². The molecule has 0 amide bonds. The fraction of sp³-hybridized carbons (Fsp3) is 0.500. The van der Waals surface area contributed by atoms with Gasteiger partial charge in [0.15, 0.2) is 0 Å². The van der Waals surface area contributed by atoms with Crippen molar-refractivity contribution in [2.45, 2.75) is 6.42 Å². The van der Waals surface area contributed by atoms with Crippen molar-refractivity contribution in [3.05, 3.63) is 11.9 Å². The molecule has 36 valence electrons. The fourth-order valence-electron chi connectivity index (χ4n) is 0.185. The lowest BCUT2D eigenvalue weighted by molar-refractivity contribution is 1.23. The Morgan fingerprint density at radius 1 is 1.67 bits per heavy atom. The van der Waals surface area contributed by atoms with Crippen LogP contribution in [0.3, 0.4) is 0 Å². The SMILES string of the molecule is C=C(P)CCP. The molecule has 6 heavy (non-hydrogen) atoms. The molecular formula is C4H10P2. The second kappa shape index (κ2) is 3.78. The maximum absolute atomic E-state index is 3.69. The van der Waals surface area contributed by atoms with E-state index in [1.54, 1.807) is 0 Å². The van der Waals surface area contributed by atoms with Crippen LogP contribution in [-0.2, 0) is 0 Å². The molecule has 0 radical (unpaired) electrons. The highest BCUT2D eigenvalue weighted by Gasteiger charge is 1.76. The monoisotopic (exact) mass is 120 g/mol. The molecule has 0 aromatic rings. The van der Waals surface area contributed by atoms with Crippen molar-refractivity contribution in [3.63, 3.8) is 0 Å². The van der Waals surface area contributed by atoms with E-state index in [9.17, 15) is 0 Å². The molecule has 0 fully saturated rings. The Hall–Kier alpha value is 0.600. The van der Waals surface area contributed by atoms with Crippen LogP contribution in [0.1, 0.15) is 6.42 Å². The molecule has 2 heteroatoms. The molecule has 0 N–H and O–H groups in total. The van der Waals surface area contributed by atoms with Crippen LogP contribution in [0, 0.1) is 0 Å². The van der Waals surface area contributed by atoms with E-state index in [2.05, 4.69) is 25.1 Å². The first kappa shape index (κ1) is 6.60. The van der Waals surface area contributed by atoms with Gasteiger partial charge < -0.3 is 0 Å². The summed E-state index contributed by atoms with van der Waals surface area (Å²) in [6.07, 6.45) is 2.23. The third kappa shape index (κ3) is 4.60. The van der Waals surface area contributed by atoms with E-state index >= 15 is 0 Å². The third-order valence-corrected chi connectivity index (χ3v) is 1.04. The molecular weight excluding hydrogens is 110 g/mol. The Balaban J connectivity index is 2.83. The molecule has 0 aliphatic carbocycles. The van der Waals surface area contributed by atoms with Crippen molar-refractivity contribution in [2.75, 3.05) is 6.16 Å². The lowest BCUT2D eigenvalue weighted by atomic mass is 10.5. The molecule has 0 saturated carbocycles. The van der Waals surface area contributed by atoms with E-state index in [1.165, 1.54) is 5.31 Å². The van der Waals surface area contributed by atoms with Gasteiger partial charge in [-0.25, -0.2) is 0 Å². The van der Waals surface area contributed by atoms with E-state index < -0.39 is 0 Å². The topological polar surface area (TPSA) is 0 Å². The maximum Gasteiger partial charge on any atom is -0.0251 e. The standard InChI is InChI=1S/C4H10P2/c1-4(6)2-3-5/h1-3,5-6H2. The van der Waals surface area contributed by atoms with Crippen molar-refractivity contribution < 1.29 is 0 Å². The summed E-state index contributed by atoms with van der Waals surface area (Å²) in [7, 11) is 5.22. The van der Waals surface area contributed by atoms with Crippen LogP contribution >= 0.6 is 18.5 Å². The molecule has 0 nitrogen and oxygen atoms in total. The first-order chi connectivity index (χ1) is 2.77. The highest BCUT2D eigenvalue weighted by molar-refractivity contribution is 7.22. The highest BCUT2D eigenvalue weighted by Crippen LogP contribution is 2.07. The summed E-state index contributed by atoms with van der Waals surface area (Å²) in [5, 5.41) is 1.19. The lowest BCUT2D eigenvalue weighted by Crippen LogP contribution is -1.66. The van der Waals surface area contributed by atoms with Gasteiger partial charge in [0.2, 0.25) is 0 Å². The van der Waals surface area contributed by atoms with Crippen LogP contribution < -0.4 is 0 Å². The van der Waals surface area contributed by atoms with E-state index in [0.29, 0.717) is 0 Å². The Morgan fingerprint density at radius 2 is 2.17 bits per heavy atom. The summed E-state index contributed by atoms with van der Waals surface area (Å²) in [5.74, 6) is 0. The van der Waals surface area contributed by atoms with Gasteiger partial charge in [0.25, 0.3) is 0 Å². The normalized spacial score (nSPS) is 8.33. The van der Waals surface area contributed by atoms with Gasteiger partial charge in [0.05, 0.1) is 0 Å². The maximum atomic E-state index is 3.69. The summed E-state index contributed by atoms with van der Waals surface area (Å²) in [5.41, 5.74) is 0. The first-order valence-corrected chi connectivity index (χ1v) is 3.30. The summed E-state index contributed by atoms with van der Waals surface area (Å²) < 4.78 is 0. The molecule has 0 bridgehead atoms. The predicted octanol–water partition coefficient (Wildman–Crippen LogP) is 1.64. The number of allylic oxidation sites excluding steroid dienone is 1. The van der Waals surface area contributed by atoms with Gasteiger partial charge >= 0.3 is 0 Å². The Kier molecular flexibility index (Phi) is 4.16. The van der Waals surface area contributed by atoms with Gasteiger partial charge in [0.1, 0.15) is 0 Å². The highest BCUT2D eigenvalue weighted by atomic mass is 31.0. The van der Waals surface area contributed by atoms with Crippen LogP contribution in [0.2, 0.25) is 0 Å². The molecule has 2 unspecified atom stereocenters. The third-order valence-electron chi connectivity index (χ3n) is 0.465. The summed E-state index contributed by atoms with van der Waals surface area (Å²) in [6.45, 7) is 3.69. The Labute approximate surface area is 43.8 Å². The number of hydrogen-bond acceptors (Lipinski definition) is 0. The predicted molar refractivity (Wildman–Crippen MR) is 38.0 cm³/mol. The van der Waals surface area contributed by atoms with Crippen molar-refractivity contribution in [1.29, 1.82) is 0 Å². The molecule has 0 saturated heterocycles. The first-order valence-electron chi connectivity index (χ1n) is 1.90. The second-order valence-corrected chi connectivity index (χ2v) is 2.59. The van der Waals surface area contributed by atoms with Crippen molar-refractivity contribution in [3.8, 4) is 0 Å². The van der Waals surface area contributed by atoms with Crippen LogP contribution in [0.25, 0.3) is 0 Å². The summed E-state index contributed by atoms with van der Waals surface area (Å²) in [6, 6.07) is 0. The Bertz CT molecular complexity index is 49.5. The van der Waals surface area contributed by atoms with Gasteiger partial charge in [0, 0.05) is 0 Å². The summed E-state index contributed by atoms with van der Waals surface area (Å²) in [4.78, 5) is 0. The molecule has 0 aliphatic rings. The average molecular weight is 120 g/mol. The number of hydrogen-bond donors (Lipinski definition) is 0. The quantitative estimate of drug-likeness (QED) is 0.486. The summed E-state index contributed by atoms with van der Waals surface area (Å²) >= 11 is 0. The van der Waals surface area contributed by atoms with Crippen LogP contribution in [0.4, 0.5) is 0 Å². The molecule has 2 atom stereocenters. The van der Waals surface area contributed by atoms with E-state index in [4.69, 9.17) is 0 Å². The van der Waals surface area contributed by atoms with Crippen LogP contribution in [-0.4, -0.2) is 6.16 Å². The number of rotatable bonds is 2. The van der Waals surface area contributed by atoms with Gasteiger partial charge in [-0.15, -0.1) is 18.5 Å². The largest absolute Gasteiger partial charge is 0.137 e. The van der Waals surface area contributed by atoms with Gasteiger partial charge in [-0.3, -0.25) is 0 Å². The Morgan fingerprint density at radius 3 is 2.17 bits per heavy atom. The van der Waals surface area contributed by atoms with Gasteiger partial charge in [-0.05, 0) is 12.6 Å². The molecule has 0 spiro atoms. The minimum Gasteiger partial charge on any atom is -0.137 e. The van der Waals surface area contributed by atoms with E-state index in [0.717, 1.165) is 12.6 Å². The fourth-order valence-corrected chi connectivity index (χ4v) is 1.06. The zero-order valence-electron chi connectivity index (χ0n) is 3.78. The lowest BCUT2D eigenvalue weighted by Gasteiger charge is -1.87. The van der Waals surface area contributed by atoms with Crippen molar-refractivity contribution in [2.24, 2.45) is 0 Å². The zero-order chi connectivity index (χ0) is 4.99. The molecule has 0 heterocycles.